The first-order valence-corrected chi connectivity index (χ1v) is 4.48. The Morgan fingerprint density at radius 2 is 2.33 bits per heavy atom. The lowest BCUT2D eigenvalue weighted by Crippen LogP contribution is -2.43. The smallest absolute Gasteiger partial charge is 0.229 e. The number of pyridine rings is 1. The fraction of sp³-hybridized carbons (Fsp3) is 0.250. The highest BCUT2D eigenvalue weighted by Gasteiger charge is 2.25. The monoisotopic (exact) mass is 226 g/mol. The third-order valence-electron chi connectivity index (χ3n) is 1.84. The van der Waals surface area contributed by atoms with E-state index in [2.05, 4.69) is 20.9 Å². The van der Waals surface area contributed by atoms with Gasteiger partial charge in [-0.3, -0.25) is 9.69 Å². The summed E-state index contributed by atoms with van der Waals surface area (Å²) in [7, 11) is 0. The number of aromatic nitrogens is 1. The summed E-state index contributed by atoms with van der Waals surface area (Å²) in [5, 5.41) is 0. The largest absolute Gasteiger partial charge is 0.296 e. The molecule has 1 fully saturated rings. The number of halogens is 1. The second kappa shape index (κ2) is 2.86. The molecule has 0 N–H and O–H groups in total. The Bertz CT molecular complexity index is 309. The second-order valence-corrected chi connectivity index (χ2v) is 3.55. The Balaban J connectivity index is 2.23. The number of anilines is 1. The quantitative estimate of drug-likeness (QED) is 0.682. The summed E-state index contributed by atoms with van der Waals surface area (Å²) in [5.41, 5.74) is 0. The van der Waals surface area contributed by atoms with Crippen LogP contribution in [0.4, 0.5) is 5.82 Å². The van der Waals surface area contributed by atoms with Crippen LogP contribution < -0.4 is 4.90 Å². The third kappa shape index (κ3) is 1.22. The van der Waals surface area contributed by atoms with Crippen molar-refractivity contribution in [1.82, 2.24) is 4.98 Å². The van der Waals surface area contributed by atoms with Crippen molar-refractivity contribution in [3.05, 3.63) is 22.8 Å². The van der Waals surface area contributed by atoms with Crippen molar-refractivity contribution in [3.63, 3.8) is 0 Å². The molecular weight excluding hydrogens is 220 g/mol. The summed E-state index contributed by atoms with van der Waals surface area (Å²) in [6.45, 7) is 0.799. The highest BCUT2D eigenvalue weighted by molar-refractivity contribution is 9.10. The van der Waals surface area contributed by atoms with E-state index in [9.17, 15) is 4.79 Å². The predicted molar refractivity (Wildman–Crippen MR) is 48.9 cm³/mol. The van der Waals surface area contributed by atoms with Crippen molar-refractivity contribution in [2.24, 2.45) is 0 Å². The lowest BCUT2D eigenvalue weighted by Gasteiger charge is -2.29. The van der Waals surface area contributed by atoms with Crippen LogP contribution in [0, 0.1) is 0 Å². The Labute approximate surface area is 78.5 Å². The van der Waals surface area contributed by atoms with Gasteiger partial charge in [0.1, 0.15) is 5.82 Å². The SMILES string of the molecule is O=C1CCN1c1ccc(Br)cn1. The van der Waals surface area contributed by atoms with Gasteiger partial charge < -0.3 is 0 Å². The van der Waals surface area contributed by atoms with Gasteiger partial charge in [0.05, 0.1) is 0 Å². The lowest BCUT2D eigenvalue weighted by molar-refractivity contribution is -0.122. The molecule has 0 aliphatic carbocycles. The van der Waals surface area contributed by atoms with Gasteiger partial charge in [-0.05, 0) is 28.1 Å². The first-order chi connectivity index (χ1) is 5.77. The zero-order valence-corrected chi connectivity index (χ0v) is 7.91. The minimum atomic E-state index is 0.157. The van der Waals surface area contributed by atoms with Crippen LogP contribution in [0.25, 0.3) is 0 Å². The Kier molecular flexibility index (Phi) is 1.84. The summed E-state index contributed by atoms with van der Waals surface area (Å²) < 4.78 is 0.930. The Morgan fingerprint density at radius 3 is 2.75 bits per heavy atom. The van der Waals surface area contributed by atoms with Crippen LogP contribution in [0.5, 0.6) is 0 Å². The zero-order valence-electron chi connectivity index (χ0n) is 6.33. The normalized spacial score (nSPS) is 16.1. The minimum absolute atomic E-state index is 0.157. The zero-order chi connectivity index (χ0) is 8.55. The molecule has 2 heterocycles. The molecule has 1 saturated heterocycles. The van der Waals surface area contributed by atoms with Gasteiger partial charge in [0.2, 0.25) is 5.91 Å². The van der Waals surface area contributed by atoms with E-state index in [1.54, 1.807) is 11.1 Å². The molecule has 4 heteroatoms. The molecule has 0 bridgehead atoms. The van der Waals surface area contributed by atoms with Crippen LogP contribution >= 0.6 is 15.9 Å². The number of hydrogen-bond donors (Lipinski definition) is 0. The van der Waals surface area contributed by atoms with E-state index < -0.39 is 0 Å². The molecule has 0 saturated carbocycles. The fourth-order valence-corrected chi connectivity index (χ4v) is 1.32. The van der Waals surface area contributed by atoms with Gasteiger partial charge in [-0.15, -0.1) is 0 Å². The topological polar surface area (TPSA) is 33.2 Å². The number of β-lactam (4-membered cyclic amide) rings is 1. The van der Waals surface area contributed by atoms with E-state index in [4.69, 9.17) is 0 Å². The molecule has 12 heavy (non-hydrogen) atoms. The van der Waals surface area contributed by atoms with Crippen LogP contribution in [0.3, 0.4) is 0 Å². The molecule has 2 rings (SSSR count). The standard InChI is InChI=1S/C8H7BrN2O/c9-6-1-2-7(10-5-6)11-4-3-8(11)12/h1-2,5H,3-4H2. The Morgan fingerprint density at radius 1 is 1.50 bits per heavy atom. The van der Waals surface area contributed by atoms with Crippen molar-refractivity contribution in [2.75, 3.05) is 11.4 Å². The van der Waals surface area contributed by atoms with Gasteiger partial charge in [0, 0.05) is 23.6 Å². The molecule has 3 nitrogen and oxygen atoms in total. The van der Waals surface area contributed by atoms with Crippen molar-refractivity contribution >= 4 is 27.7 Å². The highest BCUT2D eigenvalue weighted by atomic mass is 79.9. The molecule has 62 valence electrons. The molecule has 1 aliphatic rings. The van der Waals surface area contributed by atoms with Gasteiger partial charge in [-0.25, -0.2) is 4.98 Å². The molecule has 0 unspecified atom stereocenters. The number of nitrogens with zero attached hydrogens (tertiary/aromatic N) is 2. The molecule has 0 radical (unpaired) electrons. The molecule has 0 aromatic carbocycles. The van der Waals surface area contributed by atoms with Gasteiger partial charge in [-0.2, -0.15) is 0 Å². The average molecular weight is 227 g/mol. The second-order valence-electron chi connectivity index (χ2n) is 2.63. The van der Waals surface area contributed by atoms with Gasteiger partial charge >= 0.3 is 0 Å². The molecule has 1 aromatic rings. The molecule has 1 amide bonds. The van der Waals surface area contributed by atoms with E-state index in [0.29, 0.717) is 6.42 Å². The number of amides is 1. The van der Waals surface area contributed by atoms with Crippen LogP contribution in [-0.2, 0) is 4.79 Å². The third-order valence-corrected chi connectivity index (χ3v) is 2.31. The van der Waals surface area contributed by atoms with Crippen LogP contribution in [0.2, 0.25) is 0 Å². The van der Waals surface area contributed by atoms with E-state index in [1.165, 1.54) is 0 Å². The van der Waals surface area contributed by atoms with Crippen molar-refractivity contribution in [2.45, 2.75) is 6.42 Å². The summed E-state index contributed by atoms with van der Waals surface area (Å²) in [4.78, 5) is 16.8. The maximum atomic E-state index is 11.0. The number of hydrogen-bond acceptors (Lipinski definition) is 2. The van der Waals surface area contributed by atoms with Crippen LogP contribution in [-0.4, -0.2) is 17.4 Å². The van der Waals surface area contributed by atoms with Gasteiger partial charge in [0.25, 0.3) is 0 Å². The summed E-state index contributed by atoms with van der Waals surface area (Å²) in [5.74, 6) is 0.902. The van der Waals surface area contributed by atoms with Crippen LogP contribution in [0.15, 0.2) is 22.8 Å². The maximum absolute atomic E-state index is 11.0. The fourth-order valence-electron chi connectivity index (χ4n) is 1.08. The Hall–Kier alpha value is -0.900. The average Bonchev–Trinajstić information content (AvgIpc) is 2.06. The first-order valence-electron chi connectivity index (χ1n) is 3.69. The molecule has 1 aliphatic heterocycles. The van der Waals surface area contributed by atoms with Crippen molar-refractivity contribution in [3.8, 4) is 0 Å². The lowest BCUT2D eigenvalue weighted by atomic mass is 10.2. The number of rotatable bonds is 1. The molecule has 1 aromatic heterocycles. The predicted octanol–water partition coefficient (Wildman–Crippen LogP) is 1.58. The van der Waals surface area contributed by atoms with Gasteiger partial charge in [-0.1, -0.05) is 0 Å². The van der Waals surface area contributed by atoms with Crippen molar-refractivity contribution in [1.29, 1.82) is 0 Å². The number of carbonyl (C=O) groups excluding carboxylic acids is 1. The maximum Gasteiger partial charge on any atom is 0.229 e. The van der Waals surface area contributed by atoms with E-state index >= 15 is 0 Å². The number of carbonyl (C=O) groups is 1. The summed E-state index contributed by atoms with van der Waals surface area (Å²) in [6, 6.07) is 3.72. The van der Waals surface area contributed by atoms with E-state index in [-0.39, 0.29) is 5.91 Å². The highest BCUT2D eigenvalue weighted by Crippen LogP contribution is 2.20. The van der Waals surface area contributed by atoms with E-state index in [0.717, 1.165) is 16.8 Å². The summed E-state index contributed by atoms with van der Waals surface area (Å²) in [6.07, 6.45) is 2.35. The first kappa shape index (κ1) is 7.73. The van der Waals surface area contributed by atoms with Crippen molar-refractivity contribution < 1.29 is 4.79 Å². The molecular formula is C8H7BrN2O. The molecule has 0 spiro atoms. The molecule has 0 atom stereocenters. The van der Waals surface area contributed by atoms with E-state index in [1.807, 2.05) is 12.1 Å². The minimum Gasteiger partial charge on any atom is -0.296 e. The van der Waals surface area contributed by atoms with Gasteiger partial charge in [0.15, 0.2) is 0 Å². The van der Waals surface area contributed by atoms with Crippen LogP contribution in [0.1, 0.15) is 6.42 Å². The summed E-state index contributed by atoms with van der Waals surface area (Å²) >= 11 is 3.28.